The molecule has 1 saturated heterocycles. The van der Waals surface area contributed by atoms with Crippen LogP contribution in [-0.2, 0) is 16.1 Å². The van der Waals surface area contributed by atoms with Gasteiger partial charge in [0.25, 0.3) is 5.91 Å². The van der Waals surface area contributed by atoms with Crippen molar-refractivity contribution < 1.29 is 14.3 Å². The van der Waals surface area contributed by atoms with Crippen LogP contribution in [0.5, 0.6) is 5.75 Å². The minimum atomic E-state index is -0.308. The van der Waals surface area contributed by atoms with E-state index in [-0.39, 0.29) is 11.5 Å². The molecule has 1 amide bonds. The number of carbonyl (C=O) groups is 1. The number of hydrogen-bond acceptors (Lipinski definition) is 5. The molecular formula is C30H25ClN4O3. The van der Waals surface area contributed by atoms with E-state index in [1.807, 2.05) is 85.1 Å². The number of hydrogen-bond donors (Lipinski definition) is 0. The summed E-state index contributed by atoms with van der Waals surface area (Å²) >= 11 is 6.24. The van der Waals surface area contributed by atoms with E-state index in [0.29, 0.717) is 54.9 Å². The van der Waals surface area contributed by atoms with Crippen LogP contribution in [0.25, 0.3) is 23.0 Å². The summed E-state index contributed by atoms with van der Waals surface area (Å²) in [4.78, 5) is 14.7. The van der Waals surface area contributed by atoms with Crippen molar-refractivity contribution in [3.63, 3.8) is 0 Å². The molecule has 5 rings (SSSR count). The fraction of sp³-hybridized carbons (Fsp3) is 0.167. The van der Waals surface area contributed by atoms with Gasteiger partial charge in [0.15, 0.2) is 0 Å². The Balaban J connectivity index is 1.45. The van der Waals surface area contributed by atoms with Crippen molar-refractivity contribution >= 4 is 23.6 Å². The zero-order valence-electron chi connectivity index (χ0n) is 20.6. The molecule has 0 unspecified atom stereocenters. The summed E-state index contributed by atoms with van der Waals surface area (Å²) < 4.78 is 13.0. The van der Waals surface area contributed by atoms with Crippen LogP contribution in [0.2, 0.25) is 5.02 Å². The van der Waals surface area contributed by atoms with Gasteiger partial charge in [0.2, 0.25) is 0 Å². The van der Waals surface area contributed by atoms with Crippen LogP contribution in [-0.4, -0.2) is 46.9 Å². The zero-order valence-corrected chi connectivity index (χ0v) is 21.3. The van der Waals surface area contributed by atoms with Crippen LogP contribution in [0.3, 0.4) is 0 Å². The van der Waals surface area contributed by atoms with Crippen LogP contribution in [0, 0.1) is 11.3 Å². The quantitative estimate of drug-likeness (QED) is 0.234. The van der Waals surface area contributed by atoms with Crippen LogP contribution in [0.1, 0.15) is 11.1 Å². The van der Waals surface area contributed by atoms with Gasteiger partial charge in [-0.2, -0.15) is 10.4 Å². The summed E-state index contributed by atoms with van der Waals surface area (Å²) in [6.45, 7) is 2.21. The fourth-order valence-corrected chi connectivity index (χ4v) is 4.34. The van der Waals surface area contributed by atoms with Gasteiger partial charge in [0.05, 0.1) is 24.6 Å². The molecule has 0 saturated carbocycles. The molecule has 0 radical (unpaired) electrons. The highest BCUT2D eigenvalue weighted by atomic mass is 35.5. The van der Waals surface area contributed by atoms with Crippen molar-refractivity contribution in [3.8, 4) is 28.8 Å². The number of halogens is 1. The summed E-state index contributed by atoms with van der Waals surface area (Å²) in [5.41, 5.74) is 3.96. The monoisotopic (exact) mass is 524 g/mol. The average molecular weight is 525 g/mol. The number of ether oxygens (including phenoxy) is 2. The SMILES string of the molecule is N#C/C(=C\c1cn(-c2ccccc2)nc1-c1ccc(OCc2ccccc2Cl)cc1)C(=O)N1CCOCC1. The van der Waals surface area contributed by atoms with Crippen molar-refractivity contribution in [2.45, 2.75) is 6.61 Å². The summed E-state index contributed by atoms with van der Waals surface area (Å²) in [6, 6.07) is 26.9. The molecule has 0 spiro atoms. The van der Waals surface area contributed by atoms with Crippen LogP contribution in [0.4, 0.5) is 0 Å². The molecular weight excluding hydrogens is 500 g/mol. The average Bonchev–Trinajstić information content (AvgIpc) is 3.40. The lowest BCUT2D eigenvalue weighted by Crippen LogP contribution is -2.41. The van der Waals surface area contributed by atoms with Gasteiger partial charge in [0.1, 0.15) is 24.0 Å². The molecule has 2 heterocycles. The third kappa shape index (κ3) is 5.78. The van der Waals surface area contributed by atoms with Crippen molar-refractivity contribution in [1.29, 1.82) is 5.26 Å². The maximum Gasteiger partial charge on any atom is 0.264 e. The molecule has 1 aliphatic rings. The van der Waals surface area contributed by atoms with Crippen molar-refractivity contribution in [2.75, 3.05) is 26.3 Å². The molecule has 8 heteroatoms. The van der Waals surface area contributed by atoms with Crippen LogP contribution >= 0.6 is 11.6 Å². The summed E-state index contributed by atoms with van der Waals surface area (Å²) in [7, 11) is 0. The molecule has 7 nitrogen and oxygen atoms in total. The predicted molar refractivity (Wildman–Crippen MR) is 146 cm³/mol. The molecule has 38 heavy (non-hydrogen) atoms. The van der Waals surface area contributed by atoms with E-state index in [4.69, 9.17) is 26.2 Å². The summed E-state index contributed by atoms with van der Waals surface area (Å²) in [6.07, 6.45) is 3.44. The lowest BCUT2D eigenvalue weighted by molar-refractivity contribution is -0.130. The van der Waals surface area contributed by atoms with E-state index >= 15 is 0 Å². The second-order valence-corrected chi connectivity index (χ2v) is 9.10. The minimum absolute atomic E-state index is 0.0560. The van der Waals surface area contributed by atoms with Crippen molar-refractivity contribution in [2.24, 2.45) is 0 Å². The van der Waals surface area contributed by atoms with E-state index in [9.17, 15) is 10.1 Å². The van der Waals surface area contributed by atoms with Gasteiger partial charge in [-0.25, -0.2) is 4.68 Å². The van der Waals surface area contributed by atoms with Gasteiger partial charge in [-0.05, 0) is 48.5 Å². The van der Waals surface area contributed by atoms with E-state index in [0.717, 1.165) is 16.8 Å². The van der Waals surface area contributed by atoms with Crippen molar-refractivity contribution in [3.05, 3.63) is 107 Å². The first-order valence-electron chi connectivity index (χ1n) is 12.2. The molecule has 1 aromatic heterocycles. The number of nitrogens with zero attached hydrogens (tertiary/aromatic N) is 4. The highest BCUT2D eigenvalue weighted by Gasteiger charge is 2.22. The second-order valence-electron chi connectivity index (χ2n) is 8.69. The number of para-hydroxylation sites is 1. The molecule has 3 aromatic carbocycles. The van der Waals surface area contributed by atoms with Gasteiger partial charge in [-0.1, -0.05) is 48.0 Å². The molecule has 190 valence electrons. The van der Waals surface area contributed by atoms with Crippen LogP contribution < -0.4 is 4.74 Å². The predicted octanol–water partition coefficient (Wildman–Crippen LogP) is 5.54. The molecule has 1 aliphatic heterocycles. The Labute approximate surface area is 226 Å². The normalized spacial score (nSPS) is 13.7. The molecule has 4 aromatic rings. The summed E-state index contributed by atoms with van der Waals surface area (Å²) in [5.74, 6) is 0.381. The van der Waals surface area contributed by atoms with Gasteiger partial charge in [0, 0.05) is 41.0 Å². The minimum Gasteiger partial charge on any atom is -0.489 e. The number of morpholine rings is 1. The Bertz CT molecular complexity index is 1480. The standard InChI is InChI=1S/C30H25ClN4O3/c31-28-9-5-4-6-23(28)21-38-27-12-10-22(11-13-27)29-25(20-35(33-29)26-7-2-1-3-8-26)18-24(19-32)30(36)34-14-16-37-17-15-34/h1-13,18,20H,14-17,21H2/b24-18+. The molecule has 0 aliphatic carbocycles. The second kappa shape index (κ2) is 11.8. The topological polar surface area (TPSA) is 80.4 Å². The summed E-state index contributed by atoms with van der Waals surface area (Å²) in [5, 5.41) is 15.3. The first-order valence-corrected chi connectivity index (χ1v) is 12.6. The fourth-order valence-electron chi connectivity index (χ4n) is 4.15. The maximum atomic E-state index is 13.0. The Hall–Kier alpha value is -4.38. The molecule has 0 atom stereocenters. The number of aromatic nitrogens is 2. The zero-order chi connectivity index (χ0) is 26.3. The Kier molecular flexibility index (Phi) is 7.84. The number of amides is 1. The Morgan fingerprint density at radius 3 is 2.45 bits per heavy atom. The lowest BCUT2D eigenvalue weighted by atomic mass is 10.1. The number of benzene rings is 3. The van der Waals surface area contributed by atoms with Crippen molar-refractivity contribution in [1.82, 2.24) is 14.7 Å². The largest absolute Gasteiger partial charge is 0.489 e. The van der Waals surface area contributed by atoms with E-state index < -0.39 is 0 Å². The third-order valence-corrected chi connectivity index (χ3v) is 6.56. The van der Waals surface area contributed by atoms with E-state index in [1.54, 1.807) is 15.7 Å². The Morgan fingerprint density at radius 1 is 1.03 bits per heavy atom. The molecule has 1 fully saturated rings. The third-order valence-electron chi connectivity index (χ3n) is 6.19. The number of rotatable bonds is 7. The Morgan fingerprint density at radius 2 is 1.74 bits per heavy atom. The van der Waals surface area contributed by atoms with Gasteiger partial charge >= 0.3 is 0 Å². The first-order chi connectivity index (χ1) is 18.6. The van der Waals surface area contributed by atoms with Gasteiger partial charge in [-0.15, -0.1) is 0 Å². The molecule has 0 N–H and O–H groups in total. The molecule has 0 bridgehead atoms. The van der Waals surface area contributed by atoms with Gasteiger partial charge in [-0.3, -0.25) is 4.79 Å². The maximum absolute atomic E-state index is 13.0. The number of nitriles is 1. The first kappa shape index (κ1) is 25.3. The number of carbonyl (C=O) groups excluding carboxylic acids is 1. The highest BCUT2D eigenvalue weighted by Crippen LogP contribution is 2.28. The van der Waals surface area contributed by atoms with E-state index in [1.165, 1.54) is 0 Å². The van der Waals surface area contributed by atoms with Crippen LogP contribution in [0.15, 0.2) is 90.6 Å². The van der Waals surface area contributed by atoms with Gasteiger partial charge < -0.3 is 14.4 Å². The highest BCUT2D eigenvalue weighted by molar-refractivity contribution is 6.31. The smallest absolute Gasteiger partial charge is 0.264 e. The van der Waals surface area contributed by atoms with E-state index in [2.05, 4.69) is 6.07 Å². The lowest BCUT2D eigenvalue weighted by Gasteiger charge is -2.26.